The second-order valence-electron chi connectivity index (χ2n) is 5.88. The number of carbonyl (C=O) groups excluding carboxylic acids is 1. The number of halogens is 2. The Kier molecular flexibility index (Phi) is 4.57. The lowest BCUT2D eigenvalue weighted by Gasteiger charge is -2.33. The summed E-state index contributed by atoms with van der Waals surface area (Å²) in [5.74, 6) is -1.02. The minimum atomic E-state index is -0.528. The quantitative estimate of drug-likeness (QED) is 0.803. The minimum absolute atomic E-state index is 0.00870. The fraction of sp³-hybridized carbons (Fsp3) is 0.263. The van der Waals surface area contributed by atoms with E-state index in [1.807, 2.05) is 11.0 Å². The molecule has 3 nitrogen and oxygen atoms in total. The van der Waals surface area contributed by atoms with E-state index in [0.717, 1.165) is 0 Å². The molecular weight excluding hydrogens is 310 g/mol. The standard InChI is InChI=1S/C19H16F2N2O/c20-15-6-4-13(5-7-15)19(24)14-8-10-23(11-9-14)18-3-1-2-17(21)16(18)12-22/h1-7,14H,8-11H2. The third-order valence-electron chi connectivity index (χ3n) is 4.44. The van der Waals surface area contributed by atoms with Crippen molar-refractivity contribution >= 4 is 11.5 Å². The maximum atomic E-state index is 13.7. The summed E-state index contributed by atoms with van der Waals surface area (Å²) in [6, 6.07) is 12.1. The third-order valence-corrected chi connectivity index (χ3v) is 4.44. The molecule has 1 saturated heterocycles. The first-order chi connectivity index (χ1) is 11.6. The van der Waals surface area contributed by atoms with Gasteiger partial charge in [-0.3, -0.25) is 4.79 Å². The van der Waals surface area contributed by atoms with Gasteiger partial charge in [0.1, 0.15) is 23.3 Å². The lowest BCUT2D eigenvalue weighted by atomic mass is 9.88. The van der Waals surface area contributed by atoms with Gasteiger partial charge in [-0.2, -0.15) is 5.26 Å². The lowest BCUT2D eigenvalue weighted by Crippen LogP contribution is -2.36. The molecule has 1 fully saturated rings. The molecule has 0 unspecified atom stereocenters. The van der Waals surface area contributed by atoms with E-state index < -0.39 is 5.82 Å². The van der Waals surface area contributed by atoms with E-state index in [0.29, 0.717) is 37.2 Å². The highest BCUT2D eigenvalue weighted by Gasteiger charge is 2.27. The smallest absolute Gasteiger partial charge is 0.166 e. The number of hydrogen-bond acceptors (Lipinski definition) is 3. The van der Waals surface area contributed by atoms with E-state index in [1.165, 1.54) is 30.3 Å². The van der Waals surface area contributed by atoms with Crippen LogP contribution in [0.1, 0.15) is 28.8 Å². The summed E-state index contributed by atoms with van der Waals surface area (Å²) in [6.45, 7) is 1.16. The summed E-state index contributed by atoms with van der Waals surface area (Å²) in [7, 11) is 0. The van der Waals surface area contributed by atoms with Crippen LogP contribution in [-0.2, 0) is 0 Å². The zero-order chi connectivity index (χ0) is 17.1. The zero-order valence-corrected chi connectivity index (χ0v) is 13.0. The van der Waals surface area contributed by atoms with Crippen molar-refractivity contribution in [3.05, 3.63) is 65.2 Å². The number of rotatable bonds is 3. The number of ketones is 1. The number of anilines is 1. The lowest BCUT2D eigenvalue weighted by molar-refractivity contribution is 0.0900. The Hall–Kier alpha value is -2.74. The van der Waals surface area contributed by atoms with E-state index >= 15 is 0 Å². The first-order valence-corrected chi connectivity index (χ1v) is 7.83. The molecule has 1 aliphatic heterocycles. The highest BCUT2D eigenvalue weighted by molar-refractivity contribution is 5.98. The number of Topliss-reactive ketones (excluding diaryl/α,β-unsaturated/α-hetero) is 1. The fourth-order valence-electron chi connectivity index (χ4n) is 3.12. The topological polar surface area (TPSA) is 44.1 Å². The Morgan fingerprint density at radius 2 is 1.75 bits per heavy atom. The van der Waals surface area contributed by atoms with Crippen molar-refractivity contribution in [1.29, 1.82) is 5.26 Å². The van der Waals surface area contributed by atoms with Gasteiger partial charge in [-0.1, -0.05) is 6.07 Å². The Labute approximate surface area is 139 Å². The van der Waals surface area contributed by atoms with E-state index in [1.54, 1.807) is 12.1 Å². The van der Waals surface area contributed by atoms with Crippen LogP contribution in [0.3, 0.4) is 0 Å². The molecule has 3 rings (SSSR count). The molecule has 2 aromatic rings. The SMILES string of the molecule is N#Cc1c(F)cccc1N1CCC(C(=O)c2ccc(F)cc2)CC1. The van der Waals surface area contributed by atoms with Gasteiger partial charge in [0.25, 0.3) is 0 Å². The molecule has 1 aliphatic rings. The van der Waals surface area contributed by atoms with Crippen LogP contribution in [-0.4, -0.2) is 18.9 Å². The van der Waals surface area contributed by atoms with Crippen LogP contribution in [0.5, 0.6) is 0 Å². The monoisotopic (exact) mass is 326 g/mol. The molecule has 0 aliphatic carbocycles. The summed E-state index contributed by atoms with van der Waals surface area (Å²) in [5.41, 5.74) is 1.13. The van der Waals surface area contributed by atoms with Crippen molar-refractivity contribution in [2.24, 2.45) is 5.92 Å². The van der Waals surface area contributed by atoms with E-state index in [9.17, 15) is 13.6 Å². The highest BCUT2D eigenvalue weighted by Crippen LogP contribution is 2.29. The molecule has 0 spiro atoms. The summed E-state index contributed by atoms with van der Waals surface area (Å²) in [5, 5.41) is 9.14. The van der Waals surface area contributed by atoms with Gasteiger partial charge in [0, 0.05) is 24.6 Å². The first kappa shape index (κ1) is 16.1. The molecule has 24 heavy (non-hydrogen) atoms. The Bertz CT molecular complexity index is 788. The van der Waals surface area contributed by atoms with Crippen molar-refractivity contribution in [2.75, 3.05) is 18.0 Å². The van der Waals surface area contributed by atoms with Crippen LogP contribution in [0.2, 0.25) is 0 Å². The van der Waals surface area contributed by atoms with Crippen molar-refractivity contribution in [2.45, 2.75) is 12.8 Å². The average molecular weight is 326 g/mol. The van der Waals surface area contributed by atoms with Gasteiger partial charge in [0.2, 0.25) is 0 Å². The van der Waals surface area contributed by atoms with Gasteiger partial charge in [0.15, 0.2) is 5.78 Å². The summed E-state index contributed by atoms with van der Waals surface area (Å²) in [6.07, 6.45) is 1.25. The van der Waals surface area contributed by atoms with Crippen LogP contribution in [0.25, 0.3) is 0 Å². The van der Waals surface area contributed by atoms with E-state index in [-0.39, 0.29) is 23.1 Å². The number of benzene rings is 2. The summed E-state index contributed by atoms with van der Waals surface area (Å²) in [4.78, 5) is 14.4. The van der Waals surface area contributed by atoms with Gasteiger partial charge in [-0.15, -0.1) is 0 Å². The van der Waals surface area contributed by atoms with Gasteiger partial charge in [-0.25, -0.2) is 8.78 Å². The molecule has 0 atom stereocenters. The van der Waals surface area contributed by atoms with Gasteiger partial charge >= 0.3 is 0 Å². The highest BCUT2D eigenvalue weighted by atomic mass is 19.1. The number of carbonyl (C=O) groups is 1. The van der Waals surface area contributed by atoms with E-state index in [2.05, 4.69) is 0 Å². The van der Waals surface area contributed by atoms with Crippen LogP contribution in [0, 0.1) is 28.9 Å². The van der Waals surface area contributed by atoms with Crippen LogP contribution in [0.15, 0.2) is 42.5 Å². The van der Waals surface area contributed by atoms with E-state index in [4.69, 9.17) is 5.26 Å². The first-order valence-electron chi connectivity index (χ1n) is 7.83. The van der Waals surface area contributed by atoms with Crippen LogP contribution in [0.4, 0.5) is 14.5 Å². The summed E-state index contributed by atoms with van der Waals surface area (Å²) >= 11 is 0. The molecule has 122 valence electrons. The molecule has 1 heterocycles. The van der Waals surface area contributed by atoms with Crippen molar-refractivity contribution in [1.82, 2.24) is 0 Å². The molecule has 0 saturated carbocycles. The molecular formula is C19H16F2N2O. The maximum Gasteiger partial charge on any atom is 0.166 e. The number of nitrogens with zero attached hydrogens (tertiary/aromatic N) is 2. The Morgan fingerprint density at radius 1 is 1.08 bits per heavy atom. The number of piperidine rings is 1. The van der Waals surface area contributed by atoms with Gasteiger partial charge < -0.3 is 4.90 Å². The Balaban J connectivity index is 1.70. The normalized spacial score (nSPS) is 15.1. The second kappa shape index (κ2) is 6.79. The van der Waals surface area contributed by atoms with Crippen LogP contribution < -0.4 is 4.90 Å². The number of nitriles is 1. The van der Waals surface area contributed by atoms with Crippen molar-refractivity contribution in [3.8, 4) is 6.07 Å². The summed E-state index contributed by atoms with van der Waals surface area (Å²) < 4.78 is 26.7. The van der Waals surface area contributed by atoms with Crippen molar-refractivity contribution < 1.29 is 13.6 Å². The molecule has 0 amide bonds. The predicted molar refractivity (Wildman–Crippen MR) is 86.8 cm³/mol. The number of hydrogen-bond donors (Lipinski definition) is 0. The fourth-order valence-corrected chi connectivity index (χ4v) is 3.12. The zero-order valence-electron chi connectivity index (χ0n) is 13.0. The van der Waals surface area contributed by atoms with Crippen molar-refractivity contribution in [3.63, 3.8) is 0 Å². The molecule has 0 radical (unpaired) electrons. The average Bonchev–Trinajstić information content (AvgIpc) is 2.62. The minimum Gasteiger partial charge on any atom is -0.370 e. The van der Waals surface area contributed by atoms with Gasteiger partial charge in [0.05, 0.1) is 5.69 Å². The molecule has 0 N–H and O–H groups in total. The predicted octanol–water partition coefficient (Wildman–Crippen LogP) is 3.94. The Morgan fingerprint density at radius 3 is 2.38 bits per heavy atom. The molecule has 2 aromatic carbocycles. The van der Waals surface area contributed by atoms with Gasteiger partial charge in [-0.05, 0) is 49.2 Å². The van der Waals surface area contributed by atoms with Crippen LogP contribution >= 0.6 is 0 Å². The molecule has 0 bridgehead atoms. The largest absolute Gasteiger partial charge is 0.370 e. The maximum absolute atomic E-state index is 13.7. The second-order valence-corrected chi connectivity index (χ2v) is 5.88. The molecule has 0 aromatic heterocycles. The third kappa shape index (κ3) is 3.13. The molecule has 5 heteroatoms.